The van der Waals surface area contributed by atoms with Crippen molar-refractivity contribution < 1.29 is 0 Å². The molecular formula is C15H26N4. The molecule has 1 aromatic heterocycles. The normalized spacial score (nSPS) is 20.3. The Labute approximate surface area is 116 Å². The molecule has 1 aliphatic rings. The third-order valence-electron chi connectivity index (χ3n) is 3.90. The van der Waals surface area contributed by atoms with Crippen molar-refractivity contribution in [2.45, 2.75) is 64.8 Å². The van der Waals surface area contributed by atoms with Crippen LogP contribution in [0.25, 0.3) is 0 Å². The lowest BCUT2D eigenvalue weighted by molar-refractivity contribution is 0.551. The molecule has 0 saturated carbocycles. The topological polar surface area (TPSA) is 55.0 Å². The molecule has 4 nitrogen and oxygen atoms in total. The highest BCUT2D eigenvalue weighted by molar-refractivity contribution is 5.48. The molecule has 1 unspecified atom stereocenters. The first-order valence-corrected chi connectivity index (χ1v) is 7.64. The van der Waals surface area contributed by atoms with Crippen LogP contribution in [0, 0.1) is 0 Å². The van der Waals surface area contributed by atoms with Gasteiger partial charge in [0.15, 0.2) is 0 Å². The van der Waals surface area contributed by atoms with Gasteiger partial charge in [0.2, 0.25) is 0 Å². The molecule has 1 atom stereocenters. The van der Waals surface area contributed by atoms with E-state index < -0.39 is 0 Å². The Kier molecular flexibility index (Phi) is 5.00. The predicted molar refractivity (Wildman–Crippen MR) is 80.3 cm³/mol. The molecule has 4 heteroatoms. The molecule has 19 heavy (non-hydrogen) atoms. The Hall–Kier alpha value is -1.32. The van der Waals surface area contributed by atoms with E-state index in [2.05, 4.69) is 23.7 Å². The van der Waals surface area contributed by atoms with Crippen LogP contribution in [0.2, 0.25) is 0 Å². The maximum atomic E-state index is 5.94. The number of aromatic nitrogens is 2. The predicted octanol–water partition coefficient (Wildman–Crippen LogP) is 3.17. The van der Waals surface area contributed by atoms with Crippen LogP contribution in [0.3, 0.4) is 0 Å². The summed E-state index contributed by atoms with van der Waals surface area (Å²) in [6.45, 7) is 5.51. The number of hydrogen-bond acceptors (Lipinski definition) is 4. The van der Waals surface area contributed by atoms with Gasteiger partial charge in [-0.2, -0.15) is 0 Å². The fourth-order valence-electron chi connectivity index (χ4n) is 2.89. The van der Waals surface area contributed by atoms with E-state index in [-0.39, 0.29) is 0 Å². The zero-order valence-electron chi connectivity index (χ0n) is 12.2. The van der Waals surface area contributed by atoms with Gasteiger partial charge in [-0.25, -0.2) is 9.97 Å². The monoisotopic (exact) mass is 262 g/mol. The van der Waals surface area contributed by atoms with Crippen molar-refractivity contribution in [3.63, 3.8) is 0 Å². The molecule has 106 valence electrons. The lowest BCUT2D eigenvalue weighted by Gasteiger charge is -2.30. The third kappa shape index (κ3) is 3.58. The number of anilines is 2. The molecule has 0 spiro atoms. The molecule has 0 amide bonds. The quantitative estimate of drug-likeness (QED) is 0.905. The summed E-state index contributed by atoms with van der Waals surface area (Å²) in [6.07, 6.45) is 8.32. The van der Waals surface area contributed by atoms with E-state index in [1.165, 1.54) is 32.1 Å². The number of rotatable bonds is 4. The van der Waals surface area contributed by atoms with Crippen LogP contribution in [0.1, 0.15) is 58.2 Å². The van der Waals surface area contributed by atoms with Crippen molar-refractivity contribution in [3.05, 3.63) is 11.9 Å². The maximum absolute atomic E-state index is 5.94. The molecule has 1 aromatic rings. The highest BCUT2D eigenvalue weighted by atomic mass is 15.2. The van der Waals surface area contributed by atoms with Crippen LogP contribution in [0.4, 0.5) is 11.6 Å². The first-order chi connectivity index (χ1) is 9.24. The summed E-state index contributed by atoms with van der Waals surface area (Å²) >= 11 is 0. The second kappa shape index (κ2) is 6.73. The third-order valence-corrected chi connectivity index (χ3v) is 3.90. The first-order valence-electron chi connectivity index (χ1n) is 7.64. The largest absolute Gasteiger partial charge is 0.384 e. The van der Waals surface area contributed by atoms with E-state index >= 15 is 0 Å². The van der Waals surface area contributed by atoms with Crippen LogP contribution < -0.4 is 10.6 Å². The van der Waals surface area contributed by atoms with E-state index in [1.54, 1.807) is 0 Å². The van der Waals surface area contributed by atoms with Gasteiger partial charge >= 0.3 is 0 Å². The van der Waals surface area contributed by atoms with Crippen molar-refractivity contribution in [1.82, 2.24) is 9.97 Å². The number of hydrogen-bond donors (Lipinski definition) is 1. The summed E-state index contributed by atoms with van der Waals surface area (Å²) < 4.78 is 0. The van der Waals surface area contributed by atoms with E-state index in [1.807, 2.05) is 6.07 Å². The summed E-state index contributed by atoms with van der Waals surface area (Å²) in [7, 11) is 0. The number of nitrogens with two attached hydrogens (primary N) is 1. The number of nitrogen functional groups attached to an aromatic ring is 1. The molecule has 2 N–H and O–H groups in total. The minimum atomic E-state index is 0.603. The minimum absolute atomic E-state index is 0.603. The number of aryl methyl sites for hydroxylation is 1. The molecule has 2 rings (SSSR count). The molecule has 0 radical (unpaired) electrons. The van der Waals surface area contributed by atoms with Crippen molar-refractivity contribution in [3.8, 4) is 0 Å². The van der Waals surface area contributed by atoms with Crippen LogP contribution in [-0.2, 0) is 6.42 Å². The summed E-state index contributed by atoms with van der Waals surface area (Å²) in [5.41, 5.74) is 5.94. The summed E-state index contributed by atoms with van der Waals surface area (Å²) in [5.74, 6) is 2.52. The van der Waals surface area contributed by atoms with Gasteiger partial charge in [-0.15, -0.1) is 0 Å². The smallest absolute Gasteiger partial charge is 0.134 e. The maximum Gasteiger partial charge on any atom is 0.134 e. The summed E-state index contributed by atoms with van der Waals surface area (Å²) in [4.78, 5) is 11.5. The standard InChI is InChI=1S/C15H26N4/c1-3-8-14-17-13(16)11-15(18-14)19-10-7-5-6-9-12(19)4-2/h11-12H,3-10H2,1-2H3,(H2,16,17,18). The Morgan fingerprint density at radius 2 is 2.11 bits per heavy atom. The molecule has 1 aliphatic heterocycles. The Morgan fingerprint density at radius 1 is 1.26 bits per heavy atom. The SMILES string of the molecule is CCCc1nc(N)cc(N2CCCCCC2CC)n1. The average Bonchev–Trinajstić information content (AvgIpc) is 2.63. The Bertz CT molecular complexity index is 405. The minimum Gasteiger partial charge on any atom is -0.384 e. The molecule has 1 fully saturated rings. The fourth-order valence-corrected chi connectivity index (χ4v) is 2.89. The summed E-state index contributed by atoms with van der Waals surface area (Å²) in [5, 5.41) is 0. The Balaban J connectivity index is 2.26. The zero-order chi connectivity index (χ0) is 13.7. The van der Waals surface area contributed by atoms with E-state index in [0.29, 0.717) is 11.9 Å². The molecule has 0 bridgehead atoms. The van der Waals surface area contributed by atoms with Crippen molar-refractivity contribution >= 4 is 11.6 Å². The van der Waals surface area contributed by atoms with Crippen molar-refractivity contribution in [2.24, 2.45) is 0 Å². The van der Waals surface area contributed by atoms with Crippen LogP contribution in [-0.4, -0.2) is 22.6 Å². The van der Waals surface area contributed by atoms with E-state index in [0.717, 1.165) is 31.0 Å². The Morgan fingerprint density at radius 3 is 2.84 bits per heavy atom. The van der Waals surface area contributed by atoms with Gasteiger partial charge in [0.05, 0.1) is 0 Å². The first kappa shape index (κ1) is 14.1. The van der Waals surface area contributed by atoms with Crippen LogP contribution >= 0.6 is 0 Å². The van der Waals surface area contributed by atoms with Gasteiger partial charge in [0, 0.05) is 25.1 Å². The highest BCUT2D eigenvalue weighted by Gasteiger charge is 2.21. The summed E-state index contributed by atoms with van der Waals surface area (Å²) in [6, 6.07) is 2.54. The van der Waals surface area contributed by atoms with Gasteiger partial charge in [-0.05, 0) is 25.7 Å². The van der Waals surface area contributed by atoms with Gasteiger partial charge in [0.25, 0.3) is 0 Å². The molecule has 2 heterocycles. The van der Waals surface area contributed by atoms with E-state index in [9.17, 15) is 0 Å². The fraction of sp³-hybridized carbons (Fsp3) is 0.733. The van der Waals surface area contributed by atoms with Crippen molar-refractivity contribution in [1.29, 1.82) is 0 Å². The van der Waals surface area contributed by atoms with Gasteiger partial charge < -0.3 is 10.6 Å². The van der Waals surface area contributed by atoms with Crippen LogP contribution in [0.15, 0.2) is 6.07 Å². The molecule has 0 aliphatic carbocycles. The van der Waals surface area contributed by atoms with Crippen molar-refractivity contribution in [2.75, 3.05) is 17.2 Å². The van der Waals surface area contributed by atoms with Gasteiger partial charge in [-0.1, -0.05) is 26.7 Å². The average molecular weight is 262 g/mol. The molecule has 1 saturated heterocycles. The zero-order valence-corrected chi connectivity index (χ0v) is 12.2. The van der Waals surface area contributed by atoms with Crippen LogP contribution in [0.5, 0.6) is 0 Å². The lowest BCUT2D eigenvalue weighted by atomic mass is 10.1. The molecule has 0 aromatic carbocycles. The second-order valence-corrected chi connectivity index (χ2v) is 5.42. The second-order valence-electron chi connectivity index (χ2n) is 5.42. The van der Waals surface area contributed by atoms with Gasteiger partial charge in [0.1, 0.15) is 17.5 Å². The lowest BCUT2D eigenvalue weighted by Crippen LogP contribution is -2.35. The number of nitrogens with zero attached hydrogens (tertiary/aromatic N) is 3. The highest BCUT2D eigenvalue weighted by Crippen LogP contribution is 2.25. The van der Waals surface area contributed by atoms with E-state index in [4.69, 9.17) is 10.7 Å². The van der Waals surface area contributed by atoms with Gasteiger partial charge in [-0.3, -0.25) is 0 Å². The molecular weight excluding hydrogens is 236 g/mol.